The van der Waals surface area contributed by atoms with Gasteiger partial charge in [0, 0.05) is 5.56 Å². The van der Waals surface area contributed by atoms with Gasteiger partial charge < -0.3 is 5.32 Å². The predicted octanol–water partition coefficient (Wildman–Crippen LogP) is 4.90. The maximum Gasteiger partial charge on any atom is 0.257 e. The summed E-state index contributed by atoms with van der Waals surface area (Å²) in [5.74, 6) is -0.938. The van der Waals surface area contributed by atoms with Gasteiger partial charge in [-0.2, -0.15) is 0 Å². The first-order chi connectivity index (χ1) is 12.5. The van der Waals surface area contributed by atoms with Crippen molar-refractivity contribution >= 4 is 49.9 Å². The number of aryl methyl sites for hydroxylation is 1. The number of fused-ring (bicyclic) bond motifs is 1. The zero-order valence-corrected chi connectivity index (χ0v) is 15.8. The van der Waals surface area contributed by atoms with Crippen molar-refractivity contribution in [3.05, 3.63) is 59.4 Å². The number of hydrogen-bond donors (Lipinski definition) is 2. The van der Waals surface area contributed by atoms with E-state index in [9.17, 15) is 9.18 Å². The van der Waals surface area contributed by atoms with Crippen molar-refractivity contribution in [3.63, 3.8) is 0 Å². The summed E-state index contributed by atoms with van der Waals surface area (Å²) < 4.78 is 14.3. The molecule has 134 valence electrons. The molecule has 1 aromatic heterocycles. The highest BCUT2D eigenvalue weighted by Crippen LogP contribution is 2.27. The molecule has 0 aliphatic carbocycles. The van der Waals surface area contributed by atoms with Gasteiger partial charge in [-0.3, -0.25) is 10.1 Å². The molecule has 3 rings (SSSR count). The highest BCUT2D eigenvalue weighted by molar-refractivity contribution is 7.80. The molecule has 0 atom stereocenters. The number of rotatable bonds is 5. The molecular weight excluding hydrogens is 369 g/mol. The number of aromatic nitrogens is 1. The summed E-state index contributed by atoms with van der Waals surface area (Å²) in [6.45, 7) is 2.17. The number of hydrogen-bond acceptors (Lipinski definition) is 4. The number of anilines is 1. The van der Waals surface area contributed by atoms with Crippen LogP contribution in [0.2, 0.25) is 0 Å². The van der Waals surface area contributed by atoms with Gasteiger partial charge in [0.25, 0.3) is 5.91 Å². The molecule has 0 spiro atoms. The lowest BCUT2D eigenvalue weighted by molar-refractivity contribution is 0.0977. The molecule has 1 amide bonds. The van der Waals surface area contributed by atoms with E-state index in [-0.39, 0.29) is 10.7 Å². The molecule has 26 heavy (non-hydrogen) atoms. The Morgan fingerprint density at radius 2 is 2.12 bits per heavy atom. The molecule has 7 heteroatoms. The molecule has 0 aliphatic heterocycles. The molecule has 0 bridgehead atoms. The first-order valence-corrected chi connectivity index (χ1v) is 9.55. The Morgan fingerprint density at radius 1 is 1.27 bits per heavy atom. The third-order valence-electron chi connectivity index (χ3n) is 3.81. The van der Waals surface area contributed by atoms with Crippen molar-refractivity contribution in [2.75, 3.05) is 5.32 Å². The zero-order valence-electron chi connectivity index (χ0n) is 14.2. The molecule has 2 N–H and O–H groups in total. The van der Waals surface area contributed by atoms with Gasteiger partial charge in [-0.1, -0.05) is 36.8 Å². The Hall–Kier alpha value is -2.38. The molecule has 3 aromatic rings. The predicted molar refractivity (Wildman–Crippen MR) is 108 cm³/mol. The highest BCUT2D eigenvalue weighted by Gasteiger charge is 2.11. The number of unbranched alkanes of at least 4 members (excludes halogenated alkanes) is 1. The number of thiazole rings is 1. The molecule has 4 nitrogen and oxygen atoms in total. The van der Waals surface area contributed by atoms with Gasteiger partial charge in [-0.25, -0.2) is 9.37 Å². The lowest BCUT2D eigenvalue weighted by Gasteiger charge is -2.07. The molecule has 0 aliphatic rings. The summed E-state index contributed by atoms with van der Waals surface area (Å²) in [6.07, 6.45) is 3.37. The number of benzene rings is 2. The Balaban J connectivity index is 1.66. The average molecular weight is 388 g/mol. The van der Waals surface area contributed by atoms with Gasteiger partial charge in [0.15, 0.2) is 10.2 Å². The fraction of sp³-hybridized carbons (Fsp3) is 0.211. The minimum atomic E-state index is -0.471. The summed E-state index contributed by atoms with van der Waals surface area (Å²) in [7, 11) is 0. The molecule has 1 heterocycles. The van der Waals surface area contributed by atoms with Gasteiger partial charge in [0.05, 0.1) is 10.2 Å². The molecule has 0 fully saturated rings. The molecular formula is C19H18FN3OS2. The van der Waals surface area contributed by atoms with E-state index in [1.54, 1.807) is 0 Å². The first kappa shape index (κ1) is 18.4. The molecule has 0 unspecified atom stereocenters. The minimum Gasteiger partial charge on any atom is -0.308 e. The topological polar surface area (TPSA) is 54.0 Å². The van der Waals surface area contributed by atoms with Crippen molar-refractivity contribution < 1.29 is 9.18 Å². The first-order valence-electron chi connectivity index (χ1n) is 8.32. The van der Waals surface area contributed by atoms with Crippen molar-refractivity contribution in [1.82, 2.24) is 10.3 Å². The molecule has 0 saturated carbocycles. The number of carbonyl (C=O) groups is 1. The second kappa shape index (κ2) is 8.33. The maximum absolute atomic E-state index is 13.2. The van der Waals surface area contributed by atoms with Crippen LogP contribution in [0.5, 0.6) is 0 Å². The molecule has 0 saturated heterocycles. The van der Waals surface area contributed by atoms with Crippen LogP contribution in [-0.4, -0.2) is 16.0 Å². The zero-order chi connectivity index (χ0) is 18.5. The Morgan fingerprint density at radius 3 is 2.88 bits per heavy atom. The van der Waals surface area contributed by atoms with Crippen LogP contribution in [0.15, 0.2) is 42.5 Å². The van der Waals surface area contributed by atoms with E-state index >= 15 is 0 Å². The van der Waals surface area contributed by atoms with Crippen LogP contribution in [-0.2, 0) is 6.42 Å². The summed E-state index contributed by atoms with van der Waals surface area (Å²) in [4.78, 5) is 16.6. The van der Waals surface area contributed by atoms with Crippen molar-refractivity contribution in [2.24, 2.45) is 0 Å². The van der Waals surface area contributed by atoms with Crippen molar-refractivity contribution in [3.8, 4) is 0 Å². The monoisotopic (exact) mass is 387 g/mol. The number of thiocarbonyl (C=S) groups is 1. The minimum absolute atomic E-state index is 0.129. The molecule has 0 radical (unpaired) electrons. The number of halogens is 1. The average Bonchev–Trinajstić information content (AvgIpc) is 3.01. The van der Waals surface area contributed by atoms with E-state index in [0.29, 0.717) is 5.13 Å². The second-order valence-corrected chi connectivity index (χ2v) is 7.28. The van der Waals surface area contributed by atoms with Crippen LogP contribution in [0.4, 0.5) is 9.52 Å². The van der Waals surface area contributed by atoms with Crippen LogP contribution in [0, 0.1) is 5.82 Å². The van der Waals surface area contributed by atoms with Gasteiger partial charge in [-0.15, -0.1) is 0 Å². The lowest BCUT2D eigenvalue weighted by atomic mass is 10.1. The van der Waals surface area contributed by atoms with Gasteiger partial charge in [0.1, 0.15) is 5.82 Å². The Kier molecular flexibility index (Phi) is 5.90. The summed E-state index contributed by atoms with van der Waals surface area (Å²) in [6, 6.07) is 11.7. The number of amides is 1. The van der Waals surface area contributed by atoms with Gasteiger partial charge >= 0.3 is 0 Å². The Bertz CT molecular complexity index is 955. The van der Waals surface area contributed by atoms with Crippen LogP contribution in [0.3, 0.4) is 0 Å². The fourth-order valence-electron chi connectivity index (χ4n) is 2.49. The Labute approximate surface area is 160 Å². The molecule has 2 aromatic carbocycles. The maximum atomic E-state index is 13.2. The van der Waals surface area contributed by atoms with E-state index in [1.165, 1.54) is 35.1 Å². The van der Waals surface area contributed by atoms with Crippen LogP contribution >= 0.6 is 23.6 Å². The standard InChI is InChI=1S/C19H18FN3OS2/c1-2-3-5-12-8-9-15-16(10-12)26-19(21-15)23-18(25)22-17(24)13-6-4-7-14(20)11-13/h4,6-11H,2-3,5H2,1H3,(H2,21,22,23,24,25). The number of nitrogens with one attached hydrogen (secondary N) is 2. The summed E-state index contributed by atoms with van der Waals surface area (Å²) in [5, 5.41) is 6.20. The van der Waals surface area contributed by atoms with Gasteiger partial charge in [0.2, 0.25) is 0 Å². The summed E-state index contributed by atoms with van der Waals surface area (Å²) in [5.41, 5.74) is 2.38. The van der Waals surface area contributed by atoms with Crippen molar-refractivity contribution in [2.45, 2.75) is 26.2 Å². The van der Waals surface area contributed by atoms with Crippen LogP contribution in [0.25, 0.3) is 10.2 Å². The second-order valence-electron chi connectivity index (χ2n) is 5.84. The third-order valence-corrected chi connectivity index (χ3v) is 4.94. The quantitative estimate of drug-likeness (QED) is 0.611. The van der Waals surface area contributed by atoms with E-state index < -0.39 is 11.7 Å². The number of nitrogens with zero attached hydrogens (tertiary/aromatic N) is 1. The van der Waals surface area contributed by atoms with Crippen LogP contribution < -0.4 is 10.6 Å². The largest absolute Gasteiger partial charge is 0.308 e. The SMILES string of the molecule is CCCCc1ccc2nc(NC(=S)NC(=O)c3cccc(F)c3)sc2c1. The van der Waals surface area contributed by atoms with Crippen LogP contribution in [0.1, 0.15) is 35.7 Å². The van der Waals surface area contributed by atoms with E-state index in [0.717, 1.165) is 35.5 Å². The lowest BCUT2D eigenvalue weighted by Crippen LogP contribution is -2.34. The van der Waals surface area contributed by atoms with E-state index in [4.69, 9.17) is 12.2 Å². The fourth-order valence-corrected chi connectivity index (χ4v) is 3.68. The normalized spacial score (nSPS) is 10.7. The summed E-state index contributed by atoms with van der Waals surface area (Å²) >= 11 is 6.64. The number of carbonyl (C=O) groups excluding carboxylic acids is 1. The van der Waals surface area contributed by atoms with E-state index in [2.05, 4.69) is 34.7 Å². The van der Waals surface area contributed by atoms with E-state index in [1.807, 2.05) is 6.07 Å². The van der Waals surface area contributed by atoms with Gasteiger partial charge in [-0.05, 0) is 61.0 Å². The smallest absolute Gasteiger partial charge is 0.257 e. The van der Waals surface area contributed by atoms with Crippen molar-refractivity contribution in [1.29, 1.82) is 0 Å². The highest BCUT2D eigenvalue weighted by atomic mass is 32.1. The third kappa shape index (κ3) is 4.62.